The molecule has 94 valence electrons. The Morgan fingerprint density at radius 2 is 1.72 bits per heavy atom. The fourth-order valence-electron chi connectivity index (χ4n) is 1.65. The minimum absolute atomic E-state index is 0.234. The third-order valence-electron chi connectivity index (χ3n) is 2.57. The summed E-state index contributed by atoms with van der Waals surface area (Å²) in [6.45, 7) is 0.368. The molecule has 2 nitrogen and oxygen atoms in total. The first kappa shape index (κ1) is 13.2. The quantitative estimate of drug-likeness (QED) is 0.917. The van der Waals surface area contributed by atoms with E-state index < -0.39 is 0 Å². The Hall–Kier alpha value is -1.22. The molecule has 1 unspecified atom stereocenters. The van der Waals surface area contributed by atoms with Crippen LogP contribution in [-0.4, -0.2) is 6.54 Å². The highest BCUT2D eigenvalue weighted by Crippen LogP contribution is 2.34. The van der Waals surface area contributed by atoms with E-state index in [2.05, 4.69) is 0 Å². The molecule has 2 N–H and O–H groups in total. The summed E-state index contributed by atoms with van der Waals surface area (Å²) in [5, 5.41) is 0.881. The van der Waals surface area contributed by atoms with Crippen LogP contribution in [0.15, 0.2) is 48.5 Å². The number of benzene rings is 2. The molecule has 0 amide bonds. The highest BCUT2D eigenvalue weighted by molar-refractivity contribution is 6.42. The lowest BCUT2D eigenvalue weighted by Crippen LogP contribution is -2.18. The molecule has 0 fully saturated rings. The molecule has 0 radical (unpaired) electrons. The third-order valence-corrected chi connectivity index (χ3v) is 3.37. The second-order valence-corrected chi connectivity index (χ2v) is 4.59. The molecule has 0 aliphatic rings. The van der Waals surface area contributed by atoms with E-state index in [-0.39, 0.29) is 6.10 Å². The number of ether oxygens (including phenoxy) is 1. The molecule has 4 heteroatoms. The first-order valence-corrected chi connectivity index (χ1v) is 6.33. The van der Waals surface area contributed by atoms with Crippen LogP contribution in [0.2, 0.25) is 10.0 Å². The van der Waals surface area contributed by atoms with Crippen LogP contribution in [0.1, 0.15) is 11.7 Å². The maximum absolute atomic E-state index is 6.08. The van der Waals surface area contributed by atoms with Gasteiger partial charge in [-0.2, -0.15) is 0 Å². The fraction of sp³-hybridized carbons (Fsp3) is 0.143. The average Bonchev–Trinajstić information content (AvgIpc) is 2.41. The van der Waals surface area contributed by atoms with Crippen molar-refractivity contribution in [3.8, 4) is 5.75 Å². The van der Waals surface area contributed by atoms with Gasteiger partial charge in [0.05, 0.1) is 5.02 Å². The van der Waals surface area contributed by atoms with E-state index in [9.17, 15) is 0 Å². The van der Waals surface area contributed by atoms with Crippen LogP contribution in [0.3, 0.4) is 0 Å². The predicted molar refractivity (Wildman–Crippen MR) is 75.3 cm³/mol. The molecule has 2 aromatic rings. The molecule has 0 aromatic heterocycles. The van der Waals surface area contributed by atoms with Crippen LogP contribution >= 0.6 is 23.2 Å². The monoisotopic (exact) mass is 281 g/mol. The summed E-state index contributed by atoms with van der Waals surface area (Å²) in [4.78, 5) is 0. The van der Waals surface area contributed by atoms with Crippen molar-refractivity contribution >= 4 is 23.2 Å². The van der Waals surface area contributed by atoms with Crippen molar-refractivity contribution in [2.45, 2.75) is 6.10 Å². The van der Waals surface area contributed by atoms with Crippen LogP contribution in [-0.2, 0) is 0 Å². The number of rotatable bonds is 4. The molecule has 0 aliphatic heterocycles. The summed E-state index contributed by atoms with van der Waals surface area (Å²) in [5.74, 6) is 0.545. The highest BCUT2D eigenvalue weighted by atomic mass is 35.5. The van der Waals surface area contributed by atoms with Crippen LogP contribution in [0, 0.1) is 0 Å². The van der Waals surface area contributed by atoms with Crippen molar-refractivity contribution in [3.63, 3.8) is 0 Å². The first-order valence-electron chi connectivity index (χ1n) is 5.58. The topological polar surface area (TPSA) is 35.2 Å². The molecule has 0 aliphatic carbocycles. The van der Waals surface area contributed by atoms with Gasteiger partial charge in [-0.3, -0.25) is 0 Å². The molecule has 0 bridgehead atoms. The van der Waals surface area contributed by atoms with Crippen LogP contribution < -0.4 is 10.5 Å². The Morgan fingerprint density at radius 1 is 1.00 bits per heavy atom. The maximum Gasteiger partial charge on any atom is 0.140 e. The summed E-state index contributed by atoms with van der Waals surface area (Å²) in [6.07, 6.45) is -0.234. The Labute approximate surface area is 116 Å². The molecule has 18 heavy (non-hydrogen) atoms. The molecule has 2 aromatic carbocycles. The van der Waals surface area contributed by atoms with Crippen molar-refractivity contribution in [1.29, 1.82) is 0 Å². The SMILES string of the molecule is NCC(Oc1cccc(Cl)c1Cl)c1ccccc1. The molecule has 2 rings (SSSR count). The van der Waals surface area contributed by atoms with Crippen molar-refractivity contribution in [3.05, 3.63) is 64.1 Å². The zero-order valence-electron chi connectivity index (χ0n) is 9.64. The van der Waals surface area contributed by atoms with Crippen molar-refractivity contribution in [1.82, 2.24) is 0 Å². The predicted octanol–water partition coefficient (Wildman–Crippen LogP) is 4.07. The number of hydrogen-bond acceptors (Lipinski definition) is 2. The second kappa shape index (κ2) is 6.10. The lowest BCUT2D eigenvalue weighted by Gasteiger charge is -2.18. The Bertz CT molecular complexity index is 516. The van der Waals surface area contributed by atoms with Gasteiger partial charge in [-0.05, 0) is 17.7 Å². The van der Waals surface area contributed by atoms with Gasteiger partial charge >= 0.3 is 0 Å². The molecular formula is C14H13Cl2NO. The van der Waals surface area contributed by atoms with Gasteiger partial charge in [0.15, 0.2) is 0 Å². The Kier molecular flexibility index (Phi) is 4.48. The molecular weight excluding hydrogens is 269 g/mol. The number of nitrogens with two attached hydrogens (primary N) is 1. The first-order chi connectivity index (χ1) is 8.72. The summed E-state index contributed by atoms with van der Waals surface area (Å²) in [7, 11) is 0. The van der Waals surface area contributed by atoms with Crippen molar-refractivity contribution in [2.24, 2.45) is 5.73 Å². The molecule has 0 saturated carbocycles. The molecule has 1 atom stereocenters. The molecule has 0 saturated heterocycles. The van der Waals surface area contributed by atoms with E-state index in [4.69, 9.17) is 33.7 Å². The van der Waals surface area contributed by atoms with Crippen LogP contribution in [0.25, 0.3) is 0 Å². The zero-order valence-corrected chi connectivity index (χ0v) is 11.2. The Balaban J connectivity index is 2.24. The second-order valence-electron chi connectivity index (χ2n) is 3.80. The van der Waals surface area contributed by atoms with Gasteiger partial charge in [0, 0.05) is 6.54 Å². The lowest BCUT2D eigenvalue weighted by atomic mass is 10.1. The van der Waals surface area contributed by atoms with Crippen LogP contribution in [0.4, 0.5) is 0 Å². The van der Waals surface area contributed by atoms with Gasteiger partial charge in [0.2, 0.25) is 0 Å². The average molecular weight is 282 g/mol. The highest BCUT2D eigenvalue weighted by Gasteiger charge is 2.14. The van der Waals surface area contributed by atoms with Gasteiger partial charge in [0.25, 0.3) is 0 Å². The van der Waals surface area contributed by atoms with Gasteiger partial charge in [0.1, 0.15) is 16.9 Å². The van der Waals surface area contributed by atoms with E-state index in [1.54, 1.807) is 18.2 Å². The van der Waals surface area contributed by atoms with E-state index in [0.29, 0.717) is 22.3 Å². The third kappa shape index (κ3) is 2.96. The smallest absolute Gasteiger partial charge is 0.140 e. The molecule has 0 heterocycles. The lowest BCUT2D eigenvalue weighted by molar-refractivity contribution is 0.214. The van der Waals surface area contributed by atoms with Crippen LogP contribution in [0.5, 0.6) is 5.75 Å². The minimum Gasteiger partial charge on any atom is -0.483 e. The Morgan fingerprint density at radius 3 is 2.39 bits per heavy atom. The largest absolute Gasteiger partial charge is 0.483 e. The standard InChI is InChI=1S/C14H13Cl2NO/c15-11-7-4-8-12(14(11)16)18-13(9-17)10-5-2-1-3-6-10/h1-8,13H,9,17H2. The summed E-state index contributed by atoms with van der Waals surface area (Å²) < 4.78 is 5.82. The normalized spacial score (nSPS) is 12.2. The summed E-state index contributed by atoms with van der Waals surface area (Å²) in [5.41, 5.74) is 6.75. The van der Waals surface area contributed by atoms with Gasteiger partial charge in [-0.15, -0.1) is 0 Å². The van der Waals surface area contributed by atoms with E-state index >= 15 is 0 Å². The van der Waals surface area contributed by atoms with E-state index in [1.807, 2.05) is 30.3 Å². The van der Waals surface area contributed by atoms with E-state index in [1.165, 1.54) is 0 Å². The summed E-state index contributed by atoms with van der Waals surface area (Å²) in [6, 6.07) is 15.1. The fourth-order valence-corrected chi connectivity index (χ4v) is 1.98. The van der Waals surface area contributed by atoms with Gasteiger partial charge in [-0.1, -0.05) is 59.6 Å². The number of halogens is 2. The van der Waals surface area contributed by atoms with Gasteiger partial charge < -0.3 is 10.5 Å². The van der Waals surface area contributed by atoms with Crippen molar-refractivity contribution < 1.29 is 4.74 Å². The van der Waals surface area contributed by atoms with E-state index in [0.717, 1.165) is 5.56 Å². The molecule has 0 spiro atoms. The zero-order chi connectivity index (χ0) is 13.0. The van der Waals surface area contributed by atoms with Gasteiger partial charge in [-0.25, -0.2) is 0 Å². The minimum atomic E-state index is -0.234. The number of hydrogen-bond donors (Lipinski definition) is 1. The van der Waals surface area contributed by atoms with Crippen molar-refractivity contribution in [2.75, 3.05) is 6.54 Å². The summed E-state index contributed by atoms with van der Waals surface area (Å²) >= 11 is 12.0. The maximum atomic E-state index is 6.08.